The van der Waals surface area contributed by atoms with Gasteiger partial charge in [-0.2, -0.15) is 11.8 Å². The molecule has 1 aliphatic rings. The molecule has 3 rings (SSSR count). The Morgan fingerprint density at radius 2 is 2.32 bits per heavy atom. The monoisotopic (exact) mass is 279 g/mol. The highest BCUT2D eigenvalue weighted by Gasteiger charge is 2.28. The Hall–Kier alpha value is -1.23. The molecule has 2 aromatic rings. The van der Waals surface area contributed by atoms with E-state index in [4.69, 9.17) is 5.73 Å². The molecule has 1 saturated carbocycles. The molecule has 1 heterocycles. The summed E-state index contributed by atoms with van der Waals surface area (Å²) in [5, 5.41) is 0.695. The maximum atomic E-state index is 13.4. The van der Waals surface area contributed by atoms with Gasteiger partial charge in [-0.25, -0.2) is 9.37 Å². The van der Waals surface area contributed by atoms with E-state index < -0.39 is 0 Å². The van der Waals surface area contributed by atoms with Crippen LogP contribution in [0.4, 0.5) is 10.3 Å². The summed E-state index contributed by atoms with van der Waals surface area (Å²) in [7, 11) is 0. The van der Waals surface area contributed by atoms with Gasteiger partial charge in [-0.15, -0.1) is 0 Å². The predicted molar refractivity (Wildman–Crippen MR) is 78.9 cm³/mol. The average molecular weight is 279 g/mol. The zero-order chi connectivity index (χ0) is 13.4. The van der Waals surface area contributed by atoms with Crippen LogP contribution in [0.25, 0.3) is 11.0 Å². The Labute approximate surface area is 116 Å². The molecule has 0 radical (unpaired) electrons. The van der Waals surface area contributed by atoms with Crippen LogP contribution in [0.5, 0.6) is 0 Å². The Balaban J connectivity index is 1.96. The highest BCUT2D eigenvalue weighted by Crippen LogP contribution is 2.39. The molecular formula is C14H18FN3S. The molecule has 0 spiro atoms. The zero-order valence-corrected chi connectivity index (χ0v) is 11.8. The van der Waals surface area contributed by atoms with Gasteiger partial charge in [0.2, 0.25) is 5.95 Å². The highest BCUT2D eigenvalue weighted by molar-refractivity contribution is 7.99. The van der Waals surface area contributed by atoms with Gasteiger partial charge in [0.1, 0.15) is 5.82 Å². The first kappa shape index (κ1) is 12.8. The minimum absolute atomic E-state index is 0.230. The molecule has 0 saturated heterocycles. The molecular weight excluding hydrogens is 261 g/mol. The molecule has 2 atom stereocenters. The van der Waals surface area contributed by atoms with E-state index in [2.05, 4.69) is 11.9 Å². The maximum absolute atomic E-state index is 13.4. The second kappa shape index (κ2) is 5.04. The number of nitrogens with zero attached hydrogens (tertiary/aromatic N) is 2. The van der Waals surface area contributed by atoms with Crippen molar-refractivity contribution in [1.29, 1.82) is 0 Å². The average Bonchev–Trinajstić information content (AvgIpc) is 2.93. The van der Waals surface area contributed by atoms with Crippen LogP contribution in [0.3, 0.4) is 0 Å². The van der Waals surface area contributed by atoms with E-state index in [9.17, 15) is 4.39 Å². The SMILES string of the molecule is CCSC1CCC(n2c(N)nc3ccc(F)cc32)C1. The van der Waals surface area contributed by atoms with Gasteiger partial charge in [0, 0.05) is 11.3 Å². The Morgan fingerprint density at radius 1 is 1.47 bits per heavy atom. The van der Waals surface area contributed by atoms with E-state index in [1.807, 2.05) is 16.3 Å². The third-order valence-corrected chi connectivity index (χ3v) is 5.04. The van der Waals surface area contributed by atoms with Crippen LogP contribution in [0.1, 0.15) is 32.2 Å². The number of hydrogen-bond acceptors (Lipinski definition) is 3. The summed E-state index contributed by atoms with van der Waals surface area (Å²) in [6.45, 7) is 2.19. The van der Waals surface area contributed by atoms with Gasteiger partial charge in [0.15, 0.2) is 0 Å². The lowest BCUT2D eigenvalue weighted by molar-refractivity contribution is 0.539. The summed E-state index contributed by atoms with van der Waals surface area (Å²) in [4.78, 5) is 4.34. The van der Waals surface area contributed by atoms with Crippen molar-refractivity contribution < 1.29 is 4.39 Å². The van der Waals surface area contributed by atoms with E-state index in [0.29, 0.717) is 17.2 Å². The van der Waals surface area contributed by atoms with E-state index in [1.54, 1.807) is 12.1 Å². The number of imidazole rings is 1. The van der Waals surface area contributed by atoms with Crippen molar-refractivity contribution in [3.05, 3.63) is 24.0 Å². The number of anilines is 1. The van der Waals surface area contributed by atoms with Crippen molar-refractivity contribution in [1.82, 2.24) is 9.55 Å². The summed E-state index contributed by atoms with van der Waals surface area (Å²) in [6, 6.07) is 5.03. The number of halogens is 1. The lowest BCUT2D eigenvalue weighted by Gasteiger charge is -2.15. The van der Waals surface area contributed by atoms with Crippen molar-refractivity contribution in [3.63, 3.8) is 0 Å². The molecule has 1 aromatic carbocycles. The van der Waals surface area contributed by atoms with Crippen molar-refractivity contribution in [2.75, 3.05) is 11.5 Å². The molecule has 0 aliphatic heterocycles. The van der Waals surface area contributed by atoms with Crippen molar-refractivity contribution in [2.45, 2.75) is 37.5 Å². The Bertz CT molecular complexity index is 596. The molecule has 5 heteroatoms. The largest absolute Gasteiger partial charge is 0.369 e. The van der Waals surface area contributed by atoms with Gasteiger partial charge < -0.3 is 10.3 Å². The number of benzene rings is 1. The normalized spacial score (nSPS) is 23.3. The molecule has 3 nitrogen and oxygen atoms in total. The quantitative estimate of drug-likeness (QED) is 0.933. The number of nitrogens with two attached hydrogens (primary N) is 1. The number of hydrogen-bond donors (Lipinski definition) is 1. The zero-order valence-electron chi connectivity index (χ0n) is 11.0. The number of nitrogen functional groups attached to an aromatic ring is 1. The van der Waals surface area contributed by atoms with Crippen molar-refractivity contribution in [2.24, 2.45) is 0 Å². The molecule has 1 fully saturated rings. The van der Waals surface area contributed by atoms with Crippen LogP contribution in [-0.2, 0) is 0 Å². The fourth-order valence-corrected chi connectivity index (χ4v) is 4.14. The number of thioether (sulfide) groups is 1. The maximum Gasteiger partial charge on any atom is 0.201 e. The molecule has 2 unspecified atom stereocenters. The third-order valence-electron chi connectivity index (χ3n) is 3.80. The van der Waals surface area contributed by atoms with Gasteiger partial charge >= 0.3 is 0 Å². The number of fused-ring (bicyclic) bond motifs is 1. The summed E-state index contributed by atoms with van der Waals surface area (Å²) >= 11 is 2.01. The van der Waals surface area contributed by atoms with Crippen LogP contribution in [0, 0.1) is 5.82 Å². The second-order valence-electron chi connectivity index (χ2n) is 5.02. The van der Waals surface area contributed by atoms with Crippen LogP contribution in [-0.4, -0.2) is 20.6 Å². The molecule has 0 amide bonds. The molecule has 102 valence electrons. The van der Waals surface area contributed by atoms with Crippen LogP contribution >= 0.6 is 11.8 Å². The lowest BCUT2D eigenvalue weighted by Crippen LogP contribution is -2.09. The number of aromatic nitrogens is 2. The van der Waals surface area contributed by atoms with E-state index in [0.717, 1.165) is 29.6 Å². The smallest absolute Gasteiger partial charge is 0.201 e. The first-order valence-electron chi connectivity index (χ1n) is 6.73. The topological polar surface area (TPSA) is 43.8 Å². The van der Waals surface area contributed by atoms with Gasteiger partial charge in [-0.05, 0) is 43.2 Å². The fourth-order valence-electron chi connectivity index (χ4n) is 3.01. The second-order valence-corrected chi connectivity index (χ2v) is 6.59. The van der Waals surface area contributed by atoms with Gasteiger partial charge in [-0.1, -0.05) is 6.92 Å². The summed E-state index contributed by atoms with van der Waals surface area (Å²) < 4.78 is 15.4. The van der Waals surface area contributed by atoms with Crippen LogP contribution < -0.4 is 5.73 Å². The first-order chi connectivity index (χ1) is 9.19. The molecule has 0 bridgehead atoms. The molecule has 19 heavy (non-hydrogen) atoms. The molecule has 2 N–H and O–H groups in total. The Kier molecular flexibility index (Phi) is 3.39. The van der Waals surface area contributed by atoms with E-state index in [1.165, 1.54) is 12.5 Å². The van der Waals surface area contributed by atoms with E-state index in [-0.39, 0.29) is 5.82 Å². The standard InChI is InChI=1S/C14H18FN3S/c1-2-19-11-5-4-10(8-11)18-13-7-9(15)3-6-12(13)17-14(18)16/h3,6-7,10-11H,2,4-5,8H2,1H3,(H2,16,17). The van der Waals surface area contributed by atoms with E-state index >= 15 is 0 Å². The van der Waals surface area contributed by atoms with Gasteiger partial charge in [-0.3, -0.25) is 0 Å². The third kappa shape index (κ3) is 2.31. The molecule has 1 aliphatic carbocycles. The summed E-state index contributed by atoms with van der Waals surface area (Å²) in [6.07, 6.45) is 3.41. The molecule has 1 aromatic heterocycles. The predicted octanol–water partition coefficient (Wildman–Crippen LogP) is 3.60. The summed E-state index contributed by atoms with van der Waals surface area (Å²) in [5.41, 5.74) is 7.63. The van der Waals surface area contributed by atoms with Gasteiger partial charge in [0.25, 0.3) is 0 Å². The number of rotatable bonds is 3. The fraction of sp³-hybridized carbons (Fsp3) is 0.500. The summed E-state index contributed by atoms with van der Waals surface area (Å²) in [5.74, 6) is 1.42. The van der Waals surface area contributed by atoms with Crippen LogP contribution in [0.15, 0.2) is 18.2 Å². The van der Waals surface area contributed by atoms with Crippen LogP contribution in [0.2, 0.25) is 0 Å². The highest BCUT2D eigenvalue weighted by atomic mass is 32.2. The van der Waals surface area contributed by atoms with Gasteiger partial charge in [0.05, 0.1) is 11.0 Å². The van der Waals surface area contributed by atoms with Crippen molar-refractivity contribution in [3.8, 4) is 0 Å². The minimum Gasteiger partial charge on any atom is -0.369 e. The Morgan fingerprint density at radius 3 is 3.11 bits per heavy atom. The minimum atomic E-state index is -0.230. The van der Waals surface area contributed by atoms with Crippen molar-refractivity contribution >= 4 is 28.7 Å². The first-order valence-corrected chi connectivity index (χ1v) is 7.78. The lowest BCUT2D eigenvalue weighted by atomic mass is 10.2.